The molecule has 0 heterocycles. The maximum Gasteiger partial charge on any atom is 0.339 e. The standard InChI is InChI=1S/C33H35NO5/c1-23(2)39-32-20-27(15-16-30(32)33(36)37)26-13-11-24(12-14-26)17-18-34-21-31(35)28-9-6-10-29(19-28)38-22-25-7-4-3-5-8-25/h3-16,19-20,23,31,34-35H,17-18,21-22H2,1-2H3,(H,36,37)/t31-/m0/s1. The zero-order valence-corrected chi connectivity index (χ0v) is 22.3. The topological polar surface area (TPSA) is 88.0 Å². The molecule has 6 nitrogen and oxygen atoms in total. The van der Waals surface area contributed by atoms with Crippen LogP contribution in [0.3, 0.4) is 0 Å². The van der Waals surface area contributed by atoms with E-state index in [4.69, 9.17) is 9.47 Å². The molecule has 4 aromatic carbocycles. The van der Waals surface area contributed by atoms with Crippen LogP contribution in [0.2, 0.25) is 0 Å². The second-order valence-corrected chi connectivity index (χ2v) is 9.70. The molecule has 4 aromatic rings. The van der Waals surface area contributed by atoms with Gasteiger partial charge in [0.15, 0.2) is 0 Å². The molecule has 0 aliphatic carbocycles. The first kappa shape index (κ1) is 27.9. The van der Waals surface area contributed by atoms with Gasteiger partial charge in [-0.1, -0.05) is 72.8 Å². The zero-order valence-electron chi connectivity index (χ0n) is 22.3. The lowest BCUT2D eigenvalue weighted by molar-refractivity contribution is 0.0690. The molecule has 6 heteroatoms. The fraction of sp³-hybridized carbons (Fsp3) is 0.242. The summed E-state index contributed by atoms with van der Waals surface area (Å²) in [6.45, 7) is 5.39. The molecule has 39 heavy (non-hydrogen) atoms. The number of rotatable bonds is 13. The Bertz CT molecular complexity index is 1350. The van der Waals surface area contributed by atoms with Crippen molar-refractivity contribution in [2.45, 2.75) is 39.1 Å². The second-order valence-electron chi connectivity index (χ2n) is 9.70. The smallest absolute Gasteiger partial charge is 0.339 e. The van der Waals surface area contributed by atoms with Gasteiger partial charge < -0.3 is 25.0 Å². The number of benzene rings is 4. The summed E-state index contributed by atoms with van der Waals surface area (Å²) in [5, 5.41) is 23.4. The van der Waals surface area contributed by atoms with Gasteiger partial charge in [-0.15, -0.1) is 0 Å². The van der Waals surface area contributed by atoms with Crippen LogP contribution in [0.25, 0.3) is 11.1 Å². The number of aliphatic hydroxyl groups excluding tert-OH is 1. The lowest BCUT2D eigenvalue weighted by Gasteiger charge is -2.15. The predicted octanol–water partition coefficient (Wildman–Crippen LogP) is 6.28. The number of hydrogen-bond acceptors (Lipinski definition) is 5. The second kappa shape index (κ2) is 13.6. The number of ether oxygens (including phenoxy) is 2. The summed E-state index contributed by atoms with van der Waals surface area (Å²) in [6, 6.07) is 30.9. The summed E-state index contributed by atoms with van der Waals surface area (Å²) in [7, 11) is 0. The Morgan fingerprint density at radius 3 is 2.31 bits per heavy atom. The maximum absolute atomic E-state index is 11.5. The summed E-state index contributed by atoms with van der Waals surface area (Å²) < 4.78 is 11.6. The van der Waals surface area contributed by atoms with Crippen molar-refractivity contribution in [1.29, 1.82) is 0 Å². The summed E-state index contributed by atoms with van der Waals surface area (Å²) in [4.78, 5) is 11.5. The minimum absolute atomic E-state index is 0.122. The molecule has 0 saturated carbocycles. The van der Waals surface area contributed by atoms with Gasteiger partial charge in [-0.25, -0.2) is 4.79 Å². The third-order valence-corrected chi connectivity index (χ3v) is 6.28. The fourth-order valence-corrected chi connectivity index (χ4v) is 4.24. The zero-order chi connectivity index (χ0) is 27.6. The maximum atomic E-state index is 11.5. The molecular weight excluding hydrogens is 490 g/mol. The molecule has 0 radical (unpaired) electrons. The third-order valence-electron chi connectivity index (χ3n) is 6.28. The average Bonchev–Trinajstić information content (AvgIpc) is 2.94. The summed E-state index contributed by atoms with van der Waals surface area (Å²) >= 11 is 0. The highest BCUT2D eigenvalue weighted by Gasteiger charge is 2.14. The monoisotopic (exact) mass is 525 g/mol. The molecule has 3 N–H and O–H groups in total. The Hall–Kier alpha value is -4.13. The highest BCUT2D eigenvalue weighted by molar-refractivity contribution is 5.92. The Kier molecular flexibility index (Phi) is 9.73. The molecule has 202 valence electrons. The Labute approximate surface area is 229 Å². The van der Waals surface area contributed by atoms with Crippen LogP contribution < -0.4 is 14.8 Å². The summed E-state index contributed by atoms with van der Waals surface area (Å²) in [6.07, 6.45) is 0.0553. The normalized spacial score (nSPS) is 11.8. The van der Waals surface area contributed by atoms with Crippen molar-refractivity contribution in [1.82, 2.24) is 5.32 Å². The fourth-order valence-electron chi connectivity index (χ4n) is 4.24. The number of hydrogen-bond donors (Lipinski definition) is 3. The largest absolute Gasteiger partial charge is 0.490 e. The summed E-state index contributed by atoms with van der Waals surface area (Å²) in [5.41, 5.74) is 5.12. The molecular formula is C33H35NO5. The molecule has 0 aliphatic rings. The lowest BCUT2D eigenvalue weighted by Crippen LogP contribution is -2.23. The number of carboxylic acids is 1. The van der Waals surface area contributed by atoms with E-state index in [0.717, 1.165) is 46.5 Å². The Morgan fingerprint density at radius 2 is 1.59 bits per heavy atom. The lowest BCUT2D eigenvalue weighted by atomic mass is 10.0. The van der Waals surface area contributed by atoms with Gasteiger partial charge in [-0.2, -0.15) is 0 Å². The van der Waals surface area contributed by atoms with Crippen LogP contribution in [0.15, 0.2) is 97.1 Å². The molecule has 0 unspecified atom stereocenters. The van der Waals surface area contributed by atoms with E-state index in [9.17, 15) is 15.0 Å². The van der Waals surface area contributed by atoms with Gasteiger partial charge in [-0.05, 0) is 78.9 Å². The van der Waals surface area contributed by atoms with E-state index in [-0.39, 0.29) is 11.7 Å². The first-order chi connectivity index (χ1) is 18.9. The first-order valence-electron chi connectivity index (χ1n) is 13.2. The Balaban J connectivity index is 1.27. The average molecular weight is 526 g/mol. The van der Waals surface area contributed by atoms with Crippen molar-refractivity contribution in [3.05, 3.63) is 119 Å². The van der Waals surface area contributed by atoms with Crippen molar-refractivity contribution in [2.24, 2.45) is 0 Å². The number of aromatic carboxylic acids is 1. The van der Waals surface area contributed by atoms with Crippen molar-refractivity contribution in [3.63, 3.8) is 0 Å². The van der Waals surface area contributed by atoms with E-state index in [2.05, 4.69) is 17.4 Å². The van der Waals surface area contributed by atoms with Gasteiger partial charge in [0.05, 0.1) is 12.2 Å². The van der Waals surface area contributed by atoms with Crippen LogP contribution in [0.5, 0.6) is 11.5 Å². The predicted molar refractivity (Wildman–Crippen MR) is 153 cm³/mol. The highest BCUT2D eigenvalue weighted by atomic mass is 16.5. The quantitative estimate of drug-likeness (QED) is 0.178. The van der Waals surface area contributed by atoms with Crippen LogP contribution in [0.4, 0.5) is 0 Å². The molecule has 0 fully saturated rings. The van der Waals surface area contributed by atoms with Gasteiger partial charge >= 0.3 is 5.97 Å². The van der Waals surface area contributed by atoms with Crippen molar-refractivity contribution >= 4 is 5.97 Å². The van der Waals surface area contributed by atoms with Gasteiger partial charge in [0.1, 0.15) is 23.7 Å². The number of carbonyl (C=O) groups is 1. The van der Waals surface area contributed by atoms with E-state index in [1.54, 1.807) is 18.2 Å². The molecule has 4 rings (SSSR count). The van der Waals surface area contributed by atoms with E-state index >= 15 is 0 Å². The van der Waals surface area contributed by atoms with Gasteiger partial charge in [0.2, 0.25) is 0 Å². The minimum atomic E-state index is -1.01. The van der Waals surface area contributed by atoms with Crippen molar-refractivity contribution in [3.8, 4) is 22.6 Å². The summed E-state index contributed by atoms with van der Waals surface area (Å²) in [5.74, 6) is 0.0976. The van der Waals surface area contributed by atoms with Gasteiger partial charge in [-0.3, -0.25) is 0 Å². The molecule has 0 amide bonds. The van der Waals surface area contributed by atoms with E-state index in [1.165, 1.54) is 0 Å². The SMILES string of the molecule is CC(C)Oc1cc(-c2ccc(CCNC[C@H](O)c3cccc(OCc4ccccc4)c3)cc2)ccc1C(=O)O. The van der Waals surface area contributed by atoms with Crippen LogP contribution in [0, 0.1) is 0 Å². The number of carboxylic acid groups (broad SMARTS) is 1. The van der Waals surface area contributed by atoms with E-state index < -0.39 is 12.1 Å². The Morgan fingerprint density at radius 1 is 0.846 bits per heavy atom. The number of nitrogens with one attached hydrogen (secondary N) is 1. The molecule has 0 bridgehead atoms. The first-order valence-corrected chi connectivity index (χ1v) is 13.2. The van der Waals surface area contributed by atoms with Crippen LogP contribution in [-0.2, 0) is 13.0 Å². The minimum Gasteiger partial charge on any atom is -0.490 e. The molecule has 0 spiro atoms. The van der Waals surface area contributed by atoms with Crippen molar-refractivity contribution < 1.29 is 24.5 Å². The number of aliphatic hydroxyl groups is 1. The van der Waals surface area contributed by atoms with Gasteiger partial charge in [0.25, 0.3) is 0 Å². The van der Waals surface area contributed by atoms with Gasteiger partial charge in [0, 0.05) is 6.54 Å². The molecule has 1 atom stereocenters. The third kappa shape index (κ3) is 8.18. The van der Waals surface area contributed by atoms with Crippen LogP contribution in [-0.4, -0.2) is 35.4 Å². The van der Waals surface area contributed by atoms with Crippen molar-refractivity contribution in [2.75, 3.05) is 13.1 Å². The molecule has 0 aromatic heterocycles. The molecule has 0 aliphatic heterocycles. The van der Waals surface area contributed by atoms with E-state index in [0.29, 0.717) is 18.9 Å². The van der Waals surface area contributed by atoms with E-state index in [1.807, 2.05) is 80.6 Å². The highest BCUT2D eigenvalue weighted by Crippen LogP contribution is 2.29. The molecule has 0 saturated heterocycles. The van der Waals surface area contributed by atoms with Crippen LogP contribution >= 0.6 is 0 Å². The van der Waals surface area contributed by atoms with Crippen LogP contribution in [0.1, 0.15) is 47.0 Å².